The highest BCUT2D eigenvalue weighted by Crippen LogP contribution is 2.69. The molecule has 5 aliphatic carbocycles. The quantitative estimate of drug-likeness (QED) is 0.247. The highest BCUT2D eigenvalue weighted by Gasteiger charge is 2.64. The summed E-state index contributed by atoms with van der Waals surface area (Å²) in [7, 11) is 0. The molecule has 0 radical (unpaired) electrons. The van der Waals surface area contributed by atoms with Gasteiger partial charge in [-0.3, -0.25) is 5.32 Å². The van der Waals surface area contributed by atoms with E-state index in [1.54, 1.807) is 0 Å². The number of hydrogen-bond acceptors (Lipinski definition) is 6. The normalized spacial score (nSPS) is 35.6. The Labute approximate surface area is 275 Å². The number of anilines is 1. The van der Waals surface area contributed by atoms with Gasteiger partial charge < -0.3 is 24.4 Å². The van der Waals surface area contributed by atoms with Gasteiger partial charge in [0.15, 0.2) is 12.4 Å². The predicted molar refractivity (Wildman–Crippen MR) is 174 cm³/mol. The van der Waals surface area contributed by atoms with Crippen molar-refractivity contribution in [1.82, 2.24) is 0 Å². The summed E-state index contributed by atoms with van der Waals surface area (Å²) in [5.74, 6) is 5.78. The Morgan fingerprint density at radius 2 is 1.79 bits per heavy atom. The Morgan fingerprint density at radius 3 is 2.55 bits per heavy atom. The first kappa shape index (κ1) is 31.1. The van der Waals surface area contributed by atoms with Gasteiger partial charge in [-0.1, -0.05) is 44.3 Å². The summed E-state index contributed by atoms with van der Waals surface area (Å²) >= 11 is 0. The molecule has 3 saturated carbocycles. The van der Waals surface area contributed by atoms with E-state index in [4.69, 9.17) is 14.2 Å². The summed E-state index contributed by atoms with van der Waals surface area (Å²) in [6.45, 7) is 7.64. The minimum Gasteiger partial charge on any atom is -0.436 e. The van der Waals surface area contributed by atoms with Crippen LogP contribution < -0.4 is 5.32 Å². The number of rotatable bonds is 2. The molecular weight excluding hydrogens is 597 g/mol. The van der Waals surface area contributed by atoms with Gasteiger partial charge in [-0.25, -0.2) is 9.18 Å². The summed E-state index contributed by atoms with van der Waals surface area (Å²) in [4.78, 5) is 12.2. The number of aliphatic hydroxyl groups is 2. The summed E-state index contributed by atoms with van der Waals surface area (Å²) < 4.78 is 31.6. The second kappa shape index (κ2) is 10.9. The van der Waals surface area contributed by atoms with Crippen molar-refractivity contribution >= 4 is 11.8 Å². The third-order valence-corrected chi connectivity index (χ3v) is 12.3. The average Bonchev–Trinajstić information content (AvgIpc) is 3.34. The number of carbonyl (C=O) groups excluding carboxylic acids is 1. The molecule has 7 nitrogen and oxygen atoms in total. The topological polar surface area (TPSA) is 97.3 Å². The molecule has 3 unspecified atom stereocenters. The molecule has 1 saturated heterocycles. The molecule has 1 spiro atoms. The van der Waals surface area contributed by atoms with Gasteiger partial charge in [0.05, 0.1) is 24.9 Å². The van der Waals surface area contributed by atoms with E-state index >= 15 is 0 Å². The molecule has 4 fully saturated rings. The van der Waals surface area contributed by atoms with Crippen LogP contribution in [0.3, 0.4) is 0 Å². The van der Waals surface area contributed by atoms with Gasteiger partial charge in [-0.2, -0.15) is 0 Å². The number of nitrogens with one attached hydrogen (secondary N) is 1. The molecule has 8 rings (SSSR count). The molecule has 7 atom stereocenters. The minimum absolute atomic E-state index is 0.0609. The minimum atomic E-state index is -1.01. The maximum absolute atomic E-state index is 13.2. The van der Waals surface area contributed by atoms with E-state index in [2.05, 4.69) is 50.1 Å². The van der Waals surface area contributed by atoms with Crippen LogP contribution in [0.15, 0.2) is 53.6 Å². The third kappa shape index (κ3) is 5.13. The van der Waals surface area contributed by atoms with E-state index in [9.17, 15) is 19.4 Å². The third-order valence-electron chi connectivity index (χ3n) is 12.3. The summed E-state index contributed by atoms with van der Waals surface area (Å²) in [5, 5.41) is 26.5. The van der Waals surface area contributed by atoms with E-state index in [0.29, 0.717) is 50.0 Å². The van der Waals surface area contributed by atoms with Gasteiger partial charge in [0.1, 0.15) is 5.82 Å². The second-order valence-electron chi connectivity index (χ2n) is 15.9. The van der Waals surface area contributed by atoms with Crippen molar-refractivity contribution in [1.29, 1.82) is 0 Å². The number of carbonyl (C=O) groups is 1. The SMILES string of the molecule is CC1(C)COC2(C[C@H]3C4=C5C(CC[C@@]4(O)C2)C2CCC(O)[C@@]2(C)C[C@@H]5c2ccc(C#CCOC(=O)Nc4ccc(F)cc4)cc23)OC1. The zero-order valence-corrected chi connectivity index (χ0v) is 27.4. The van der Waals surface area contributed by atoms with Gasteiger partial charge >= 0.3 is 6.09 Å². The lowest BCUT2D eigenvalue weighted by Gasteiger charge is -2.61. The van der Waals surface area contributed by atoms with Crippen LogP contribution >= 0.6 is 0 Å². The van der Waals surface area contributed by atoms with Crippen LogP contribution in [0.1, 0.15) is 94.2 Å². The van der Waals surface area contributed by atoms with E-state index in [-0.39, 0.29) is 41.2 Å². The Bertz CT molecular complexity index is 1700. The van der Waals surface area contributed by atoms with Crippen LogP contribution in [0.4, 0.5) is 14.9 Å². The first-order chi connectivity index (χ1) is 22.4. The molecule has 1 aliphatic heterocycles. The van der Waals surface area contributed by atoms with Crippen molar-refractivity contribution in [3.8, 4) is 11.8 Å². The first-order valence-corrected chi connectivity index (χ1v) is 17.1. The van der Waals surface area contributed by atoms with Gasteiger partial charge in [-0.05, 0) is 102 Å². The molecule has 1 amide bonds. The lowest BCUT2D eigenvalue weighted by Crippen LogP contribution is -2.60. The second-order valence-corrected chi connectivity index (χ2v) is 15.9. The van der Waals surface area contributed by atoms with Crippen LogP contribution in [0.5, 0.6) is 0 Å². The molecule has 2 aromatic rings. The summed E-state index contributed by atoms with van der Waals surface area (Å²) in [5.41, 5.74) is 5.02. The van der Waals surface area contributed by atoms with Crippen molar-refractivity contribution < 1.29 is 33.6 Å². The fourth-order valence-corrected chi connectivity index (χ4v) is 10.1. The van der Waals surface area contributed by atoms with E-state index in [0.717, 1.165) is 36.8 Å². The van der Waals surface area contributed by atoms with Crippen LogP contribution in [0.25, 0.3) is 0 Å². The number of aliphatic hydroxyl groups excluding tert-OH is 1. The molecule has 1 heterocycles. The molecule has 47 heavy (non-hydrogen) atoms. The Morgan fingerprint density at radius 1 is 1.02 bits per heavy atom. The highest BCUT2D eigenvalue weighted by atomic mass is 19.1. The maximum atomic E-state index is 13.2. The molecule has 0 aromatic heterocycles. The first-order valence-electron chi connectivity index (χ1n) is 17.1. The summed E-state index contributed by atoms with van der Waals surface area (Å²) in [6, 6.07) is 11.8. The lowest BCUT2D eigenvalue weighted by atomic mass is 9.47. The number of ether oxygens (including phenoxy) is 3. The molecular formula is C39H44FNO6. The average molecular weight is 642 g/mol. The van der Waals surface area contributed by atoms with Crippen molar-refractivity contribution in [3.63, 3.8) is 0 Å². The highest BCUT2D eigenvalue weighted by molar-refractivity contribution is 5.84. The van der Waals surface area contributed by atoms with Crippen molar-refractivity contribution in [2.24, 2.45) is 22.7 Å². The Balaban J connectivity index is 1.12. The molecule has 8 heteroatoms. The van der Waals surface area contributed by atoms with Gasteiger partial charge in [0.2, 0.25) is 0 Å². The van der Waals surface area contributed by atoms with Gasteiger partial charge in [-0.15, -0.1) is 0 Å². The van der Waals surface area contributed by atoms with Crippen LogP contribution in [-0.4, -0.2) is 53.6 Å². The number of allylic oxidation sites excluding steroid dienone is 1. The standard InChI is InChI=1S/C39H44FNO6/c1-36(2)21-46-39(47-22-36)19-30-28-17-23(5-4-16-45-35(43)41-25-9-7-24(40)8-10-25)6-11-26(28)29-18-37(3)31(12-13-32(37)42)27-14-15-38(44,20-39)34(30)33(27)29/h6-11,17,27,29-32,42,44H,12-16,18-22H2,1-3H3,(H,41,43)/t27?,29-,30-,31?,32?,37+,38-/m1/s1. The monoisotopic (exact) mass is 641 g/mol. The van der Waals surface area contributed by atoms with Gasteiger partial charge in [0, 0.05) is 41.3 Å². The Kier molecular flexibility index (Phi) is 7.20. The largest absolute Gasteiger partial charge is 0.436 e. The molecule has 2 aromatic carbocycles. The van der Waals surface area contributed by atoms with Gasteiger partial charge in [0.25, 0.3) is 0 Å². The van der Waals surface area contributed by atoms with E-state index < -0.39 is 17.5 Å². The van der Waals surface area contributed by atoms with Crippen LogP contribution in [-0.2, 0) is 14.2 Å². The number of halogens is 1. The fourth-order valence-electron chi connectivity index (χ4n) is 10.1. The zero-order chi connectivity index (χ0) is 32.8. The van der Waals surface area contributed by atoms with Crippen molar-refractivity contribution in [2.45, 2.75) is 95.0 Å². The maximum Gasteiger partial charge on any atom is 0.412 e. The molecule has 3 N–H and O–H groups in total. The van der Waals surface area contributed by atoms with E-state index in [1.807, 2.05) is 6.07 Å². The van der Waals surface area contributed by atoms with Crippen LogP contribution in [0.2, 0.25) is 0 Å². The number of hydrogen-bond donors (Lipinski definition) is 3. The molecule has 6 aliphatic rings. The van der Waals surface area contributed by atoms with E-state index in [1.165, 1.54) is 41.0 Å². The lowest BCUT2D eigenvalue weighted by molar-refractivity contribution is -0.324. The van der Waals surface area contributed by atoms with Crippen molar-refractivity contribution in [3.05, 3.63) is 76.1 Å². The number of benzene rings is 2. The fraction of sp³-hybridized carbons (Fsp3) is 0.564. The number of amides is 1. The molecule has 0 bridgehead atoms. The Hall–Kier alpha value is -3.22. The zero-order valence-electron chi connectivity index (χ0n) is 27.4. The smallest absolute Gasteiger partial charge is 0.412 e. The van der Waals surface area contributed by atoms with Crippen molar-refractivity contribution in [2.75, 3.05) is 25.1 Å². The number of fused-ring (bicyclic) bond motifs is 5. The van der Waals surface area contributed by atoms with Crippen LogP contribution in [0, 0.1) is 40.3 Å². The summed E-state index contributed by atoms with van der Waals surface area (Å²) in [6.07, 6.45) is 4.45. The predicted octanol–water partition coefficient (Wildman–Crippen LogP) is 6.79. The molecule has 248 valence electrons.